The molecule has 0 unspecified atom stereocenters. The fourth-order valence-corrected chi connectivity index (χ4v) is 3.25. The lowest BCUT2D eigenvalue weighted by Crippen LogP contribution is -2.06. The van der Waals surface area contributed by atoms with Crippen molar-refractivity contribution in [3.8, 4) is 11.4 Å². The van der Waals surface area contributed by atoms with Crippen molar-refractivity contribution >= 4 is 47.0 Å². The van der Waals surface area contributed by atoms with Crippen LogP contribution in [0.3, 0.4) is 0 Å². The summed E-state index contributed by atoms with van der Waals surface area (Å²) < 4.78 is 28.0. The highest BCUT2D eigenvalue weighted by atomic mass is 35.5. The average Bonchev–Trinajstić information content (AvgIpc) is 2.78. The Morgan fingerprint density at radius 1 is 0.848 bits per heavy atom. The molecule has 1 heterocycles. The van der Waals surface area contributed by atoms with Gasteiger partial charge in [-0.3, -0.25) is 0 Å². The summed E-state index contributed by atoms with van der Waals surface area (Å²) in [5.41, 5.74) is 5.13. The van der Waals surface area contributed by atoms with E-state index in [9.17, 15) is 8.78 Å². The Kier molecular flexibility index (Phi) is 6.76. The van der Waals surface area contributed by atoms with Gasteiger partial charge in [-0.2, -0.15) is 20.1 Å². The predicted octanol–water partition coefficient (Wildman–Crippen LogP) is 6.62. The molecule has 2 N–H and O–H groups in total. The van der Waals surface area contributed by atoms with Crippen LogP contribution in [0.25, 0.3) is 11.4 Å². The molecule has 1 aromatic heterocycles. The third kappa shape index (κ3) is 5.60. The zero-order valence-electron chi connectivity index (χ0n) is 17.2. The molecular formula is C23H16Cl2F2N6. The van der Waals surface area contributed by atoms with Crippen LogP contribution in [-0.2, 0) is 0 Å². The summed E-state index contributed by atoms with van der Waals surface area (Å²) in [6, 6.07) is 16.0. The number of anilines is 3. The van der Waals surface area contributed by atoms with E-state index in [0.717, 1.165) is 11.1 Å². The van der Waals surface area contributed by atoms with Crippen molar-refractivity contribution in [3.63, 3.8) is 0 Å². The van der Waals surface area contributed by atoms with E-state index in [2.05, 4.69) is 30.8 Å². The second kappa shape index (κ2) is 9.89. The van der Waals surface area contributed by atoms with Gasteiger partial charge in [0.2, 0.25) is 11.9 Å². The van der Waals surface area contributed by atoms with Gasteiger partial charge in [0.25, 0.3) is 0 Å². The number of rotatable bonds is 6. The van der Waals surface area contributed by atoms with E-state index >= 15 is 0 Å². The Hall–Kier alpha value is -3.62. The summed E-state index contributed by atoms with van der Waals surface area (Å²) in [5, 5.41) is 7.10. The zero-order chi connectivity index (χ0) is 23.4. The number of hydrogen-bond donors (Lipinski definition) is 2. The van der Waals surface area contributed by atoms with Crippen LogP contribution in [0.4, 0.5) is 26.4 Å². The van der Waals surface area contributed by atoms with E-state index in [1.54, 1.807) is 6.21 Å². The van der Waals surface area contributed by atoms with Crippen LogP contribution < -0.4 is 10.7 Å². The highest BCUT2D eigenvalue weighted by Crippen LogP contribution is 2.30. The topological polar surface area (TPSA) is 75.1 Å². The monoisotopic (exact) mass is 484 g/mol. The van der Waals surface area contributed by atoms with Gasteiger partial charge in [0.1, 0.15) is 11.6 Å². The van der Waals surface area contributed by atoms with Crippen LogP contribution in [0.15, 0.2) is 65.8 Å². The highest BCUT2D eigenvalue weighted by molar-refractivity contribution is 6.33. The van der Waals surface area contributed by atoms with Gasteiger partial charge in [-0.1, -0.05) is 59.1 Å². The van der Waals surface area contributed by atoms with E-state index in [-0.39, 0.29) is 33.3 Å². The number of hydrazone groups is 1. The van der Waals surface area contributed by atoms with E-state index < -0.39 is 11.6 Å². The molecule has 33 heavy (non-hydrogen) atoms. The largest absolute Gasteiger partial charge is 0.324 e. The smallest absolute Gasteiger partial charge is 0.248 e. The first-order valence-corrected chi connectivity index (χ1v) is 10.4. The zero-order valence-corrected chi connectivity index (χ0v) is 18.7. The summed E-state index contributed by atoms with van der Waals surface area (Å²) in [6.07, 6.45) is 1.59. The molecule has 0 fully saturated rings. The second-order valence-electron chi connectivity index (χ2n) is 6.94. The van der Waals surface area contributed by atoms with Crippen molar-refractivity contribution in [3.05, 3.63) is 93.5 Å². The van der Waals surface area contributed by atoms with Gasteiger partial charge in [0, 0.05) is 5.69 Å². The van der Waals surface area contributed by atoms with E-state index in [1.807, 2.05) is 31.2 Å². The molecule has 0 aliphatic heterocycles. The second-order valence-corrected chi connectivity index (χ2v) is 7.75. The number of nitrogens with one attached hydrogen (secondary N) is 2. The Balaban J connectivity index is 1.69. The number of benzene rings is 3. The molecule has 0 saturated carbocycles. The van der Waals surface area contributed by atoms with Gasteiger partial charge in [0.05, 0.1) is 21.8 Å². The number of halogens is 4. The molecule has 166 valence electrons. The fraction of sp³-hybridized carbons (Fsp3) is 0.0435. The lowest BCUT2D eigenvalue weighted by Gasteiger charge is -2.10. The van der Waals surface area contributed by atoms with Crippen molar-refractivity contribution in [2.24, 2.45) is 5.10 Å². The number of aromatic nitrogens is 3. The van der Waals surface area contributed by atoms with Crippen LogP contribution >= 0.6 is 23.2 Å². The van der Waals surface area contributed by atoms with Crippen LogP contribution in [-0.4, -0.2) is 21.2 Å². The molecule has 4 rings (SSSR count). The number of nitrogens with zero attached hydrogens (tertiary/aromatic N) is 4. The average molecular weight is 485 g/mol. The van der Waals surface area contributed by atoms with Crippen LogP contribution in [0.5, 0.6) is 0 Å². The molecule has 0 amide bonds. The molecule has 0 aliphatic carbocycles. The number of aryl methyl sites for hydroxylation is 1. The minimum Gasteiger partial charge on any atom is -0.324 e. The quantitative estimate of drug-likeness (QED) is 0.237. The predicted molar refractivity (Wildman–Crippen MR) is 127 cm³/mol. The summed E-state index contributed by atoms with van der Waals surface area (Å²) in [7, 11) is 0. The maximum atomic E-state index is 14.5. The Morgan fingerprint density at radius 3 is 2.33 bits per heavy atom. The minimum atomic E-state index is -0.599. The molecule has 0 radical (unpaired) electrons. The lowest BCUT2D eigenvalue weighted by molar-refractivity contribution is 0.628. The third-order valence-electron chi connectivity index (χ3n) is 4.45. The lowest BCUT2D eigenvalue weighted by atomic mass is 10.2. The Bertz CT molecular complexity index is 1310. The first-order chi connectivity index (χ1) is 15.9. The van der Waals surface area contributed by atoms with Gasteiger partial charge >= 0.3 is 0 Å². The van der Waals surface area contributed by atoms with Gasteiger partial charge in [-0.25, -0.2) is 14.2 Å². The van der Waals surface area contributed by atoms with Crippen molar-refractivity contribution in [2.45, 2.75) is 6.92 Å². The first-order valence-electron chi connectivity index (χ1n) is 9.67. The van der Waals surface area contributed by atoms with E-state index in [1.165, 1.54) is 36.4 Å². The molecule has 0 atom stereocenters. The molecule has 6 nitrogen and oxygen atoms in total. The SMILES string of the molecule is Cc1ccc(/C=N/Nc2nc(Nc3ccc(F)c(Cl)c3)nc(-c3c(F)cccc3Cl)n2)cc1. The van der Waals surface area contributed by atoms with E-state index in [4.69, 9.17) is 23.2 Å². The van der Waals surface area contributed by atoms with Crippen molar-refractivity contribution in [1.29, 1.82) is 0 Å². The standard InChI is InChI=1S/C23H16Cl2F2N6/c1-13-5-7-14(8-6-13)12-28-33-23-31-21(20-16(24)3-2-4-19(20)27)30-22(32-23)29-15-9-10-18(26)17(25)11-15/h2-12H,1H3,(H2,29,30,31,32,33)/b28-12+. The van der Waals surface area contributed by atoms with Crippen LogP contribution in [0.2, 0.25) is 10.0 Å². The van der Waals surface area contributed by atoms with Gasteiger partial charge < -0.3 is 5.32 Å². The summed E-state index contributed by atoms with van der Waals surface area (Å²) in [5.74, 6) is -1.09. The van der Waals surface area contributed by atoms with Crippen molar-refractivity contribution < 1.29 is 8.78 Å². The summed E-state index contributed by atoms with van der Waals surface area (Å²) in [6.45, 7) is 1.99. The fourth-order valence-electron chi connectivity index (χ4n) is 2.83. The molecule has 10 heteroatoms. The van der Waals surface area contributed by atoms with Crippen molar-refractivity contribution in [2.75, 3.05) is 10.7 Å². The summed E-state index contributed by atoms with van der Waals surface area (Å²) >= 11 is 12.0. The Morgan fingerprint density at radius 2 is 1.61 bits per heavy atom. The molecule has 4 aromatic rings. The van der Waals surface area contributed by atoms with Crippen LogP contribution in [0, 0.1) is 18.6 Å². The Labute approximate surface area is 198 Å². The number of hydrogen-bond acceptors (Lipinski definition) is 6. The van der Waals surface area contributed by atoms with E-state index in [0.29, 0.717) is 5.69 Å². The van der Waals surface area contributed by atoms with Crippen LogP contribution in [0.1, 0.15) is 11.1 Å². The normalized spacial score (nSPS) is 11.1. The first kappa shape index (κ1) is 22.6. The molecule has 0 saturated heterocycles. The minimum absolute atomic E-state index is 0.00678. The molecule has 0 aliphatic rings. The van der Waals surface area contributed by atoms with Crippen molar-refractivity contribution in [1.82, 2.24) is 15.0 Å². The molecule has 3 aromatic carbocycles. The maximum Gasteiger partial charge on any atom is 0.248 e. The molecule has 0 bridgehead atoms. The van der Waals surface area contributed by atoms with Gasteiger partial charge in [-0.05, 0) is 42.8 Å². The third-order valence-corrected chi connectivity index (χ3v) is 5.06. The highest BCUT2D eigenvalue weighted by Gasteiger charge is 2.16. The summed E-state index contributed by atoms with van der Waals surface area (Å²) in [4.78, 5) is 12.8. The van der Waals surface area contributed by atoms with Gasteiger partial charge in [-0.15, -0.1) is 0 Å². The molecular weight excluding hydrogens is 469 g/mol. The molecule has 0 spiro atoms. The maximum absolute atomic E-state index is 14.5. The van der Waals surface area contributed by atoms with Gasteiger partial charge in [0.15, 0.2) is 5.82 Å².